The van der Waals surface area contributed by atoms with Crippen molar-refractivity contribution in [3.63, 3.8) is 0 Å². The number of pyridine rings is 2. The van der Waals surface area contributed by atoms with Gasteiger partial charge in [0.2, 0.25) is 0 Å². The number of hydrogen-bond donors (Lipinski definition) is 3. The molecule has 6 rings (SSSR count). The van der Waals surface area contributed by atoms with Gasteiger partial charge in [-0.05, 0) is 60.5 Å². The van der Waals surface area contributed by atoms with Gasteiger partial charge in [0, 0.05) is 48.7 Å². The number of para-hydroxylation sites is 1. The van der Waals surface area contributed by atoms with Gasteiger partial charge >= 0.3 is 0 Å². The zero-order valence-corrected chi connectivity index (χ0v) is 21.2. The number of nitrogens with zero attached hydrogens (tertiary/aromatic N) is 2. The summed E-state index contributed by atoms with van der Waals surface area (Å²) in [5, 5.41) is 13.4. The Morgan fingerprint density at radius 2 is 2.08 bits per heavy atom. The first-order chi connectivity index (χ1) is 18.6. The Kier molecular flexibility index (Phi) is 6.57. The molecule has 8 heteroatoms. The molecule has 0 bridgehead atoms. The molecule has 2 aliphatic rings. The molecule has 4 aromatic rings. The second kappa shape index (κ2) is 10.3. The van der Waals surface area contributed by atoms with Crippen molar-refractivity contribution in [2.45, 2.75) is 25.5 Å². The fourth-order valence-electron chi connectivity index (χ4n) is 5.23. The van der Waals surface area contributed by atoms with Crippen LogP contribution in [-0.2, 0) is 11.2 Å². The van der Waals surface area contributed by atoms with E-state index in [2.05, 4.69) is 32.3 Å². The molecule has 1 saturated heterocycles. The van der Waals surface area contributed by atoms with E-state index in [1.165, 1.54) is 0 Å². The maximum atomic E-state index is 12.4. The summed E-state index contributed by atoms with van der Waals surface area (Å²) in [6.45, 7) is 3.70. The molecule has 2 aliphatic heterocycles. The summed E-state index contributed by atoms with van der Waals surface area (Å²) in [4.78, 5) is 21.6. The largest absolute Gasteiger partial charge is 0.456 e. The third kappa shape index (κ3) is 4.76. The third-order valence-electron chi connectivity index (χ3n) is 7.15. The number of H-pyrrole nitrogens is 1. The van der Waals surface area contributed by atoms with Crippen LogP contribution >= 0.6 is 0 Å². The van der Waals surface area contributed by atoms with Crippen molar-refractivity contribution in [3.05, 3.63) is 111 Å². The molecule has 2 aromatic heterocycles. The molecule has 0 spiro atoms. The van der Waals surface area contributed by atoms with E-state index in [0.717, 1.165) is 51.6 Å². The van der Waals surface area contributed by atoms with Crippen LogP contribution in [0.15, 0.2) is 77.9 Å². The minimum Gasteiger partial charge on any atom is -0.456 e. The van der Waals surface area contributed by atoms with E-state index in [9.17, 15) is 9.90 Å². The fourth-order valence-corrected chi connectivity index (χ4v) is 5.23. The third-order valence-corrected chi connectivity index (χ3v) is 7.15. The van der Waals surface area contributed by atoms with E-state index in [0.29, 0.717) is 25.4 Å². The summed E-state index contributed by atoms with van der Waals surface area (Å²) in [6.07, 6.45) is 3.91. The molecule has 3 N–H and O–H groups in total. The Hall–Kier alpha value is -4.14. The molecule has 4 heterocycles. The first kappa shape index (κ1) is 24.2. The van der Waals surface area contributed by atoms with Crippen LogP contribution in [-0.4, -0.2) is 41.4 Å². The van der Waals surface area contributed by atoms with Gasteiger partial charge in [0.15, 0.2) is 0 Å². The second-order valence-corrected chi connectivity index (χ2v) is 9.76. The van der Waals surface area contributed by atoms with Gasteiger partial charge < -0.3 is 29.8 Å². The molecular weight excluding hydrogens is 480 g/mol. The SMILES string of the molecule is Cc1ccnc(C(CO)Nc2ccc3c(c2)Cc2cccc(C4CN(c5ccc[nH]c5=O)CCO4)c2O3)c1. The van der Waals surface area contributed by atoms with Gasteiger partial charge in [-0.15, -0.1) is 0 Å². The predicted molar refractivity (Wildman–Crippen MR) is 146 cm³/mol. The topological polar surface area (TPSA) is 99.7 Å². The highest BCUT2D eigenvalue weighted by Gasteiger charge is 2.29. The van der Waals surface area contributed by atoms with Crippen LogP contribution < -0.4 is 20.5 Å². The molecule has 0 amide bonds. The second-order valence-electron chi connectivity index (χ2n) is 9.76. The van der Waals surface area contributed by atoms with Crippen molar-refractivity contribution < 1.29 is 14.6 Å². The lowest BCUT2D eigenvalue weighted by atomic mass is 9.95. The number of rotatable bonds is 6. The van der Waals surface area contributed by atoms with Crippen molar-refractivity contribution in [3.8, 4) is 11.5 Å². The number of aliphatic hydroxyl groups is 1. The lowest BCUT2D eigenvalue weighted by Gasteiger charge is -2.35. The van der Waals surface area contributed by atoms with Crippen LogP contribution in [0.5, 0.6) is 11.5 Å². The monoisotopic (exact) mass is 510 g/mol. The van der Waals surface area contributed by atoms with Gasteiger partial charge in [0.1, 0.15) is 23.3 Å². The van der Waals surface area contributed by atoms with Crippen molar-refractivity contribution in [1.29, 1.82) is 0 Å². The van der Waals surface area contributed by atoms with Crippen molar-refractivity contribution in [2.75, 3.05) is 36.5 Å². The maximum Gasteiger partial charge on any atom is 0.271 e. The molecule has 38 heavy (non-hydrogen) atoms. The minimum atomic E-state index is -0.306. The summed E-state index contributed by atoms with van der Waals surface area (Å²) < 4.78 is 12.6. The highest BCUT2D eigenvalue weighted by Crippen LogP contribution is 2.43. The van der Waals surface area contributed by atoms with Gasteiger partial charge in [-0.2, -0.15) is 0 Å². The molecule has 0 aliphatic carbocycles. The Balaban J connectivity index is 1.23. The lowest BCUT2D eigenvalue weighted by molar-refractivity contribution is 0.0383. The standard InChI is InChI=1S/C30H30N4O4/c1-19-9-11-31-24(14-19)25(18-35)33-22-7-8-27-21(16-22)15-20-4-2-5-23(29(20)38-27)28-17-34(12-13-37-28)26-6-3-10-32-30(26)36/h2-11,14,16,25,28,33,35H,12-13,15,17-18H2,1H3,(H,32,36). The van der Waals surface area contributed by atoms with E-state index >= 15 is 0 Å². The van der Waals surface area contributed by atoms with Crippen molar-refractivity contribution >= 4 is 11.4 Å². The molecule has 194 valence electrons. The predicted octanol–water partition coefficient (Wildman–Crippen LogP) is 4.50. The van der Waals surface area contributed by atoms with Crippen LogP contribution in [0.1, 0.15) is 40.1 Å². The molecule has 2 unspecified atom stereocenters. The lowest BCUT2D eigenvalue weighted by Crippen LogP contribution is -2.41. The highest BCUT2D eigenvalue weighted by atomic mass is 16.5. The molecule has 0 radical (unpaired) electrons. The van der Waals surface area contributed by atoms with Gasteiger partial charge in [0.05, 0.1) is 24.9 Å². The Morgan fingerprint density at radius 3 is 2.92 bits per heavy atom. The van der Waals surface area contributed by atoms with E-state index in [1.54, 1.807) is 12.4 Å². The molecule has 1 fully saturated rings. The van der Waals surface area contributed by atoms with E-state index in [-0.39, 0.29) is 24.3 Å². The number of hydrogen-bond acceptors (Lipinski definition) is 7. The van der Waals surface area contributed by atoms with E-state index < -0.39 is 0 Å². The van der Waals surface area contributed by atoms with Crippen LogP contribution in [0.2, 0.25) is 0 Å². The first-order valence-electron chi connectivity index (χ1n) is 12.9. The molecular formula is C30H30N4O4. The normalized spacial score (nSPS) is 17.2. The minimum absolute atomic E-state index is 0.0660. The van der Waals surface area contributed by atoms with Crippen molar-refractivity contribution in [1.82, 2.24) is 9.97 Å². The number of nitrogens with one attached hydrogen (secondary N) is 2. The number of anilines is 2. The number of aromatic nitrogens is 2. The molecule has 8 nitrogen and oxygen atoms in total. The Morgan fingerprint density at radius 1 is 1.16 bits per heavy atom. The molecule has 2 atom stereocenters. The summed E-state index contributed by atoms with van der Waals surface area (Å²) in [7, 11) is 0. The Bertz CT molecular complexity index is 1520. The quantitative estimate of drug-likeness (QED) is 0.309. The van der Waals surface area contributed by atoms with Gasteiger partial charge in [-0.1, -0.05) is 18.2 Å². The van der Waals surface area contributed by atoms with Gasteiger partial charge in [-0.25, -0.2) is 0 Å². The summed E-state index contributed by atoms with van der Waals surface area (Å²) >= 11 is 0. The van der Waals surface area contributed by atoms with Crippen LogP contribution in [0.3, 0.4) is 0 Å². The summed E-state index contributed by atoms with van der Waals surface area (Å²) in [5.74, 6) is 1.63. The van der Waals surface area contributed by atoms with Gasteiger partial charge in [-0.3, -0.25) is 9.78 Å². The molecule has 0 saturated carbocycles. The zero-order chi connectivity index (χ0) is 26.1. The highest BCUT2D eigenvalue weighted by molar-refractivity contribution is 5.59. The van der Waals surface area contributed by atoms with Crippen LogP contribution in [0, 0.1) is 6.92 Å². The van der Waals surface area contributed by atoms with E-state index in [1.807, 2.05) is 55.5 Å². The number of aromatic amines is 1. The summed E-state index contributed by atoms with van der Waals surface area (Å²) in [5.41, 5.74) is 6.49. The first-order valence-corrected chi connectivity index (χ1v) is 12.9. The number of aryl methyl sites for hydroxylation is 1. The number of benzene rings is 2. The van der Waals surface area contributed by atoms with Gasteiger partial charge in [0.25, 0.3) is 5.56 Å². The smallest absolute Gasteiger partial charge is 0.271 e. The van der Waals surface area contributed by atoms with Crippen molar-refractivity contribution in [2.24, 2.45) is 0 Å². The van der Waals surface area contributed by atoms with E-state index in [4.69, 9.17) is 9.47 Å². The fraction of sp³-hybridized carbons (Fsp3) is 0.267. The summed E-state index contributed by atoms with van der Waals surface area (Å²) in [6, 6.07) is 19.5. The number of aliphatic hydroxyl groups excluding tert-OH is 1. The molecule has 2 aromatic carbocycles. The average molecular weight is 511 g/mol. The number of morpholine rings is 1. The average Bonchev–Trinajstić information content (AvgIpc) is 2.94. The van der Waals surface area contributed by atoms with Crippen LogP contribution in [0.4, 0.5) is 11.4 Å². The number of ether oxygens (including phenoxy) is 2. The number of fused-ring (bicyclic) bond motifs is 2. The Labute approximate surface area is 220 Å². The maximum absolute atomic E-state index is 12.4. The zero-order valence-electron chi connectivity index (χ0n) is 21.2. The van der Waals surface area contributed by atoms with Crippen LogP contribution in [0.25, 0.3) is 0 Å².